The second-order valence-corrected chi connectivity index (χ2v) is 6.44. The number of rotatable bonds is 6. The Labute approximate surface area is 145 Å². The van der Waals surface area contributed by atoms with Crippen LogP contribution in [0.25, 0.3) is 0 Å². The van der Waals surface area contributed by atoms with Crippen molar-refractivity contribution in [1.29, 1.82) is 0 Å². The van der Waals surface area contributed by atoms with E-state index in [2.05, 4.69) is 22.9 Å². The third-order valence-corrected chi connectivity index (χ3v) is 3.91. The number of benzene rings is 2. The van der Waals surface area contributed by atoms with Crippen LogP contribution in [-0.2, 0) is 11.2 Å². The van der Waals surface area contributed by atoms with Crippen LogP contribution in [0.2, 0.25) is 0 Å². The van der Waals surface area contributed by atoms with Crippen LogP contribution in [0.4, 0.5) is 0 Å². The number of ether oxygens (including phenoxy) is 2. The van der Waals surface area contributed by atoms with Gasteiger partial charge < -0.3 is 9.47 Å². The molecule has 4 heteroatoms. The summed E-state index contributed by atoms with van der Waals surface area (Å²) in [6.45, 7) is 5.92. The van der Waals surface area contributed by atoms with Gasteiger partial charge in [-0.15, -0.1) is 0 Å². The number of esters is 1. The quantitative estimate of drug-likeness (QED) is 0.525. The smallest absolute Gasteiger partial charge is 0.349 e. The molecule has 2 rings (SSSR count). The largest absolute Gasteiger partial charge is 0.481 e. The van der Waals surface area contributed by atoms with Gasteiger partial charge in [-0.2, -0.15) is 0 Å². The number of carbonyl (C=O) groups is 1. The van der Waals surface area contributed by atoms with E-state index in [0.29, 0.717) is 5.75 Å². The molecular weight excluding hydrogens is 356 g/mol. The van der Waals surface area contributed by atoms with Gasteiger partial charge in [0.25, 0.3) is 0 Å². The zero-order valence-electron chi connectivity index (χ0n) is 13.7. The van der Waals surface area contributed by atoms with Crippen molar-refractivity contribution in [1.82, 2.24) is 0 Å². The Morgan fingerprint density at radius 1 is 1.09 bits per heavy atom. The number of carbonyl (C=O) groups excluding carboxylic acids is 1. The monoisotopic (exact) mass is 376 g/mol. The SMILES string of the molecule is CCCc1ccc(OC(=O)COc2c(C)cc(Br)cc2C)cc1. The van der Waals surface area contributed by atoms with Crippen molar-refractivity contribution in [3.63, 3.8) is 0 Å². The van der Waals surface area contributed by atoms with Crippen molar-refractivity contribution in [2.24, 2.45) is 0 Å². The third-order valence-electron chi connectivity index (χ3n) is 3.45. The summed E-state index contributed by atoms with van der Waals surface area (Å²) in [6, 6.07) is 11.5. The van der Waals surface area contributed by atoms with Crippen LogP contribution in [-0.4, -0.2) is 12.6 Å². The standard InChI is InChI=1S/C19H21BrO3/c1-4-5-15-6-8-17(9-7-15)23-18(21)12-22-19-13(2)10-16(20)11-14(19)3/h6-11H,4-5,12H2,1-3H3. The number of hydrogen-bond donors (Lipinski definition) is 0. The van der Waals surface area contributed by atoms with Crippen LogP contribution in [0.5, 0.6) is 11.5 Å². The van der Waals surface area contributed by atoms with E-state index in [4.69, 9.17) is 9.47 Å². The van der Waals surface area contributed by atoms with Gasteiger partial charge in [0.2, 0.25) is 0 Å². The highest BCUT2D eigenvalue weighted by Gasteiger charge is 2.10. The van der Waals surface area contributed by atoms with Gasteiger partial charge in [-0.05, 0) is 61.2 Å². The summed E-state index contributed by atoms with van der Waals surface area (Å²) in [5.41, 5.74) is 3.20. The average molecular weight is 377 g/mol. The van der Waals surface area contributed by atoms with E-state index in [0.717, 1.165) is 34.2 Å². The summed E-state index contributed by atoms with van der Waals surface area (Å²) in [5, 5.41) is 0. The normalized spacial score (nSPS) is 10.4. The van der Waals surface area contributed by atoms with Crippen LogP contribution < -0.4 is 9.47 Å². The van der Waals surface area contributed by atoms with Crippen LogP contribution in [0.15, 0.2) is 40.9 Å². The molecule has 2 aromatic carbocycles. The molecule has 0 bridgehead atoms. The molecule has 0 N–H and O–H groups in total. The highest BCUT2D eigenvalue weighted by Crippen LogP contribution is 2.27. The molecule has 0 spiro atoms. The molecule has 23 heavy (non-hydrogen) atoms. The lowest BCUT2D eigenvalue weighted by molar-refractivity contribution is -0.136. The molecule has 0 fully saturated rings. The van der Waals surface area contributed by atoms with E-state index in [-0.39, 0.29) is 6.61 Å². The first kappa shape index (κ1) is 17.5. The van der Waals surface area contributed by atoms with E-state index in [1.54, 1.807) is 0 Å². The average Bonchev–Trinajstić information content (AvgIpc) is 2.48. The Morgan fingerprint density at radius 3 is 2.26 bits per heavy atom. The first-order valence-corrected chi connectivity index (χ1v) is 8.48. The molecular formula is C19H21BrO3. The highest BCUT2D eigenvalue weighted by atomic mass is 79.9. The first-order valence-electron chi connectivity index (χ1n) is 7.68. The molecule has 0 aliphatic heterocycles. The lowest BCUT2D eigenvalue weighted by atomic mass is 10.1. The van der Waals surface area contributed by atoms with Crippen molar-refractivity contribution in [3.05, 3.63) is 57.6 Å². The summed E-state index contributed by atoms with van der Waals surface area (Å²) in [6.07, 6.45) is 2.12. The van der Waals surface area contributed by atoms with E-state index in [1.807, 2.05) is 50.2 Å². The lowest BCUT2D eigenvalue weighted by Crippen LogP contribution is -2.18. The maximum atomic E-state index is 11.9. The van der Waals surface area contributed by atoms with E-state index in [9.17, 15) is 4.79 Å². The van der Waals surface area contributed by atoms with Gasteiger partial charge in [-0.25, -0.2) is 4.79 Å². The summed E-state index contributed by atoms with van der Waals surface area (Å²) in [4.78, 5) is 11.9. The minimum atomic E-state index is -0.407. The van der Waals surface area contributed by atoms with Crippen molar-refractivity contribution >= 4 is 21.9 Å². The molecule has 122 valence electrons. The molecule has 0 aliphatic carbocycles. The van der Waals surface area contributed by atoms with Crippen LogP contribution in [0.1, 0.15) is 30.0 Å². The summed E-state index contributed by atoms with van der Waals surface area (Å²) < 4.78 is 11.9. The molecule has 3 nitrogen and oxygen atoms in total. The minimum absolute atomic E-state index is 0.111. The Kier molecular flexibility index (Phi) is 6.22. The van der Waals surface area contributed by atoms with Crippen molar-refractivity contribution in [2.45, 2.75) is 33.6 Å². The van der Waals surface area contributed by atoms with Gasteiger partial charge in [0, 0.05) is 4.47 Å². The first-order chi connectivity index (χ1) is 11.0. The van der Waals surface area contributed by atoms with Gasteiger partial charge in [0.05, 0.1) is 0 Å². The fourth-order valence-corrected chi connectivity index (χ4v) is 3.12. The Balaban J connectivity index is 1.93. The summed E-state index contributed by atoms with van der Waals surface area (Å²) in [7, 11) is 0. The second kappa shape index (κ2) is 8.16. The zero-order chi connectivity index (χ0) is 16.8. The summed E-state index contributed by atoms with van der Waals surface area (Å²) in [5.74, 6) is 0.862. The van der Waals surface area contributed by atoms with Gasteiger partial charge in [-0.3, -0.25) is 0 Å². The molecule has 2 aromatic rings. The summed E-state index contributed by atoms with van der Waals surface area (Å²) >= 11 is 3.44. The van der Waals surface area contributed by atoms with Gasteiger partial charge in [0.15, 0.2) is 6.61 Å². The third kappa shape index (κ3) is 5.10. The number of halogens is 1. The molecule has 0 radical (unpaired) electrons. The van der Waals surface area contributed by atoms with Gasteiger partial charge in [-0.1, -0.05) is 41.4 Å². The number of hydrogen-bond acceptors (Lipinski definition) is 3. The van der Waals surface area contributed by atoms with Crippen LogP contribution in [0, 0.1) is 13.8 Å². The molecule has 0 amide bonds. The Hall–Kier alpha value is -1.81. The maximum Gasteiger partial charge on any atom is 0.349 e. The van der Waals surface area contributed by atoms with Crippen LogP contribution >= 0.6 is 15.9 Å². The molecule has 0 atom stereocenters. The fraction of sp³-hybridized carbons (Fsp3) is 0.316. The predicted octanol–water partition coefficient (Wildman–Crippen LogP) is 5.00. The zero-order valence-corrected chi connectivity index (χ0v) is 15.3. The lowest BCUT2D eigenvalue weighted by Gasteiger charge is -2.12. The highest BCUT2D eigenvalue weighted by molar-refractivity contribution is 9.10. The predicted molar refractivity (Wildman–Crippen MR) is 95.2 cm³/mol. The molecule has 0 aliphatic rings. The molecule has 0 heterocycles. The maximum absolute atomic E-state index is 11.9. The van der Waals surface area contributed by atoms with Crippen molar-refractivity contribution in [3.8, 4) is 11.5 Å². The van der Waals surface area contributed by atoms with Gasteiger partial charge >= 0.3 is 5.97 Å². The molecule has 0 saturated carbocycles. The minimum Gasteiger partial charge on any atom is -0.481 e. The van der Waals surface area contributed by atoms with E-state index >= 15 is 0 Å². The van der Waals surface area contributed by atoms with E-state index in [1.165, 1.54) is 5.56 Å². The van der Waals surface area contributed by atoms with E-state index < -0.39 is 5.97 Å². The number of aryl methyl sites for hydroxylation is 3. The van der Waals surface area contributed by atoms with Crippen molar-refractivity contribution < 1.29 is 14.3 Å². The molecule has 0 saturated heterocycles. The Bertz CT molecular complexity index is 655. The van der Waals surface area contributed by atoms with Gasteiger partial charge in [0.1, 0.15) is 11.5 Å². The van der Waals surface area contributed by atoms with Crippen molar-refractivity contribution in [2.75, 3.05) is 6.61 Å². The topological polar surface area (TPSA) is 35.5 Å². The van der Waals surface area contributed by atoms with Crippen LogP contribution in [0.3, 0.4) is 0 Å². The Morgan fingerprint density at radius 2 is 1.70 bits per heavy atom. The fourth-order valence-electron chi connectivity index (χ4n) is 2.43. The second-order valence-electron chi connectivity index (χ2n) is 5.53. The molecule has 0 aromatic heterocycles. The molecule has 0 unspecified atom stereocenters.